The Labute approximate surface area is 142 Å². The van der Waals surface area contributed by atoms with Crippen molar-refractivity contribution in [3.8, 4) is 5.75 Å². The van der Waals surface area contributed by atoms with Crippen LogP contribution in [0.3, 0.4) is 0 Å². The number of fused-ring (bicyclic) bond motifs is 1. The van der Waals surface area contributed by atoms with Gasteiger partial charge in [-0.15, -0.1) is 0 Å². The van der Waals surface area contributed by atoms with Crippen LogP contribution in [0.4, 0.5) is 0 Å². The Balaban J connectivity index is 1.73. The minimum atomic E-state index is -1.03. The number of nitrogens with one attached hydrogen (secondary N) is 1. The monoisotopic (exact) mass is 383 g/mol. The van der Waals surface area contributed by atoms with E-state index in [1.807, 2.05) is 12.1 Å². The quantitative estimate of drug-likeness (QED) is 0.829. The van der Waals surface area contributed by atoms with Crippen molar-refractivity contribution in [1.29, 1.82) is 0 Å². The first kappa shape index (κ1) is 16.3. The Kier molecular flexibility index (Phi) is 4.87. The summed E-state index contributed by atoms with van der Waals surface area (Å²) >= 11 is 3.38. The fraction of sp³-hybridized carbons (Fsp3) is 0.500. The molecular weight excluding hydrogens is 366 g/mol. The van der Waals surface area contributed by atoms with Gasteiger partial charge in [-0.3, -0.25) is 4.79 Å². The van der Waals surface area contributed by atoms with E-state index in [0.29, 0.717) is 19.0 Å². The van der Waals surface area contributed by atoms with Gasteiger partial charge >= 0.3 is 5.97 Å². The molecule has 0 bridgehead atoms. The molecule has 0 aromatic heterocycles. The lowest BCUT2D eigenvalue weighted by atomic mass is 9.92. The molecule has 1 fully saturated rings. The largest absolute Gasteiger partial charge is 0.492 e. The zero-order valence-electron chi connectivity index (χ0n) is 12.5. The molecule has 3 rings (SSSR count). The summed E-state index contributed by atoms with van der Waals surface area (Å²) in [5.74, 6) is -1.37. The lowest BCUT2D eigenvalue weighted by molar-refractivity contribution is -0.145. The van der Waals surface area contributed by atoms with Crippen LogP contribution in [0.15, 0.2) is 22.7 Å². The van der Waals surface area contributed by atoms with E-state index in [1.54, 1.807) is 6.07 Å². The van der Waals surface area contributed by atoms with E-state index in [2.05, 4.69) is 21.2 Å². The summed E-state index contributed by atoms with van der Waals surface area (Å²) < 4.78 is 11.7. The van der Waals surface area contributed by atoms with Gasteiger partial charge in [-0.05, 0) is 31.0 Å². The SMILES string of the molecule is O=C(NC(C(=O)O)C1CCCOC1)C1COc2ccc(Br)cc21. The van der Waals surface area contributed by atoms with Crippen LogP contribution in [-0.4, -0.2) is 42.8 Å². The van der Waals surface area contributed by atoms with Crippen molar-refractivity contribution in [2.75, 3.05) is 19.8 Å². The van der Waals surface area contributed by atoms with Crippen LogP contribution in [0, 0.1) is 5.92 Å². The molecule has 1 aromatic carbocycles. The molecule has 2 heterocycles. The van der Waals surface area contributed by atoms with Crippen molar-refractivity contribution >= 4 is 27.8 Å². The van der Waals surface area contributed by atoms with Crippen LogP contribution < -0.4 is 10.1 Å². The van der Waals surface area contributed by atoms with Gasteiger partial charge in [-0.25, -0.2) is 4.79 Å². The molecule has 0 aliphatic carbocycles. The maximum Gasteiger partial charge on any atom is 0.326 e. The van der Waals surface area contributed by atoms with E-state index >= 15 is 0 Å². The molecule has 0 saturated carbocycles. The van der Waals surface area contributed by atoms with Crippen LogP contribution in [0.2, 0.25) is 0 Å². The number of aliphatic carboxylic acids is 1. The highest BCUT2D eigenvalue weighted by Gasteiger charge is 2.36. The average molecular weight is 384 g/mol. The zero-order valence-corrected chi connectivity index (χ0v) is 14.0. The highest BCUT2D eigenvalue weighted by atomic mass is 79.9. The Bertz CT molecular complexity index is 614. The normalized spacial score (nSPS) is 24.4. The third-order valence-electron chi connectivity index (χ3n) is 4.30. The van der Waals surface area contributed by atoms with Crippen molar-refractivity contribution < 1.29 is 24.2 Å². The number of hydrogen-bond donors (Lipinski definition) is 2. The molecule has 6 nitrogen and oxygen atoms in total. The second-order valence-corrected chi connectivity index (χ2v) is 6.76. The number of carboxylic acid groups (broad SMARTS) is 1. The number of amides is 1. The molecule has 1 amide bonds. The smallest absolute Gasteiger partial charge is 0.326 e. The summed E-state index contributed by atoms with van der Waals surface area (Å²) in [6.07, 6.45) is 1.55. The van der Waals surface area contributed by atoms with Crippen LogP contribution in [0.25, 0.3) is 0 Å². The number of carboxylic acids is 1. The van der Waals surface area contributed by atoms with E-state index < -0.39 is 17.9 Å². The molecule has 124 valence electrons. The fourth-order valence-corrected chi connectivity index (χ4v) is 3.45. The molecule has 0 spiro atoms. The Morgan fingerprint density at radius 3 is 2.87 bits per heavy atom. The van der Waals surface area contributed by atoms with E-state index in [1.165, 1.54) is 0 Å². The molecule has 3 atom stereocenters. The molecule has 1 saturated heterocycles. The molecule has 2 N–H and O–H groups in total. The summed E-state index contributed by atoms with van der Waals surface area (Å²) in [6.45, 7) is 1.24. The standard InChI is InChI=1S/C16H18BrNO5/c17-10-3-4-13-11(6-10)12(8-23-13)15(19)18-14(16(20)21)9-2-1-5-22-7-9/h3-4,6,9,12,14H,1-2,5,7-8H2,(H,18,19)(H,20,21). The second-order valence-electron chi connectivity index (χ2n) is 5.85. The minimum absolute atomic E-state index is 0.200. The van der Waals surface area contributed by atoms with E-state index in [-0.39, 0.29) is 18.4 Å². The summed E-state index contributed by atoms with van der Waals surface area (Å²) in [4.78, 5) is 24.1. The lowest BCUT2D eigenvalue weighted by Crippen LogP contribution is -2.49. The van der Waals surface area contributed by atoms with Gasteiger partial charge < -0.3 is 19.9 Å². The third-order valence-corrected chi connectivity index (χ3v) is 4.79. The van der Waals surface area contributed by atoms with E-state index in [0.717, 1.165) is 22.9 Å². The van der Waals surface area contributed by atoms with Crippen molar-refractivity contribution in [3.05, 3.63) is 28.2 Å². The molecular formula is C16H18BrNO5. The molecule has 3 unspecified atom stereocenters. The molecule has 0 radical (unpaired) electrons. The first-order valence-electron chi connectivity index (χ1n) is 7.59. The van der Waals surface area contributed by atoms with E-state index in [4.69, 9.17) is 9.47 Å². The predicted molar refractivity (Wildman–Crippen MR) is 85.5 cm³/mol. The molecule has 23 heavy (non-hydrogen) atoms. The van der Waals surface area contributed by atoms with Gasteiger partial charge in [0.1, 0.15) is 24.3 Å². The van der Waals surface area contributed by atoms with Crippen LogP contribution in [-0.2, 0) is 14.3 Å². The topological polar surface area (TPSA) is 84.9 Å². The molecule has 2 aliphatic heterocycles. The second kappa shape index (κ2) is 6.88. The van der Waals surface area contributed by atoms with E-state index in [9.17, 15) is 14.7 Å². The average Bonchev–Trinajstić information content (AvgIpc) is 2.96. The van der Waals surface area contributed by atoms with Gasteiger partial charge in [-0.2, -0.15) is 0 Å². The maximum atomic E-state index is 12.6. The van der Waals surface area contributed by atoms with Gasteiger partial charge in [0.25, 0.3) is 0 Å². The highest BCUT2D eigenvalue weighted by Crippen LogP contribution is 2.36. The van der Waals surface area contributed by atoms with Crippen molar-refractivity contribution in [1.82, 2.24) is 5.32 Å². The van der Waals surface area contributed by atoms with Crippen LogP contribution in [0.5, 0.6) is 5.75 Å². The number of benzene rings is 1. The van der Waals surface area contributed by atoms with Gasteiger partial charge in [0.15, 0.2) is 0 Å². The number of hydrogen-bond acceptors (Lipinski definition) is 4. The van der Waals surface area contributed by atoms with Gasteiger partial charge in [0.05, 0.1) is 6.61 Å². The van der Waals surface area contributed by atoms with Gasteiger partial charge in [0.2, 0.25) is 5.91 Å². The summed E-state index contributed by atoms with van der Waals surface area (Å²) in [7, 11) is 0. The summed E-state index contributed by atoms with van der Waals surface area (Å²) in [5.41, 5.74) is 0.779. The van der Waals surface area contributed by atoms with Gasteiger partial charge in [0, 0.05) is 22.6 Å². The minimum Gasteiger partial charge on any atom is -0.492 e. The summed E-state index contributed by atoms with van der Waals surface area (Å²) in [6, 6.07) is 4.56. The predicted octanol–water partition coefficient (Wildman–Crippen LogP) is 1.92. The number of rotatable bonds is 4. The number of carbonyl (C=O) groups excluding carboxylic acids is 1. The van der Waals surface area contributed by atoms with Crippen LogP contribution >= 0.6 is 15.9 Å². The summed E-state index contributed by atoms with van der Waals surface area (Å²) in [5, 5.41) is 12.1. The number of carbonyl (C=O) groups is 2. The third kappa shape index (κ3) is 3.50. The van der Waals surface area contributed by atoms with Crippen molar-refractivity contribution in [3.63, 3.8) is 0 Å². The number of halogens is 1. The van der Waals surface area contributed by atoms with Crippen molar-refractivity contribution in [2.45, 2.75) is 24.8 Å². The van der Waals surface area contributed by atoms with Crippen LogP contribution in [0.1, 0.15) is 24.3 Å². The van der Waals surface area contributed by atoms with Gasteiger partial charge in [-0.1, -0.05) is 15.9 Å². The fourth-order valence-electron chi connectivity index (χ4n) is 3.07. The Hall–Kier alpha value is -1.60. The maximum absolute atomic E-state index is 12.6. The lowest BCUT2D eigenvalue weighted by Gasteiger charge is -2.28. The molecule has 2 aliphatic rings. The molecule has 7 heteroatoms. The molecule has 1 aromatic rings. The highest BCUT2D eigenvalue weighted by molar-refractivity contribution is 9.10. The first-order valence-corrected chi connectivity index (χ1v) is 8.38. The Morgan fingerprint density at radius 2 is 2.17 bits per heavy atom. The first-order chi connectivity index (χ1) is 11.1. The zero-order chi connectivity index (χ0) is 16.4. The number of ether oxygens (including phenoxy) is 2. The Morgan fingerprint density at radius 1 is 1.35 bits per heavy atom. The van der Waals surface area contributed by atoms with Crippen molar-refractivity contribution in [2.24, 2.45) is 5.92 Å².